The van der Waals surface area contributed by atoms with Gasteiger partial charge in [-0.25, -0.2) is 24.6 Å². The molecule has 0 aliphatic carbocycles. The lowest BCUT2D eigenvalue weighted by Crippen LogP contribution is -2.46. The first kappa shape index (κ1) is 27.9. The van der Waals surface area contributed by atoms with Crippen molar-refractivity contribution in [1.82, 2.24) is 19.9 Å². The van der Waals surface area contributed by atoms with E-state index in [0.717, 1.165) is 44.0 Å². The van der Waals surface area contributed by atoms with E-state index in [1.807, 2.05) is 43.4 Å². The summed E-state index contributed by atoms with van der Waals surface area (Å²) < 4.78 is 12.5. The molecule has 1 fully saturated rings. The predicted octanol–water partition coefficient (Wildman–Crippen LogP) is 4.78. The summed E-state index contributed by atoms with van der Waals surface area (Å²) >= 11 is 0. The van der Waals surface area contributed by atoms with Gasteiger partial charge in [-0.05, 0) is 48.7 Å². The van der Waals surface area contributed by atoms with Gasteiger partial charge in [-0.15, -0.1) is 0 Å². The second kappa shape index (κ2) is 12.6. The molecule has 1 saturated heterocycles. The van der Waals surface area contributed by atoms with Crippen LogP contribution < -0.4 is 16.1 Å². The Hall–Kier alpha value is -4.08. The number of ether oxygens (including phenoxy) is 1. The van der Waals surface area contributed by atoms with E-state index in [4.69, 9.17) is 9.15 Å². The Balaban J connectivity index is 1.46. The normalized spacial score (nSPS) is 15.6. The first-order valence-corrected chi connectivity index (χ1v) is 13.1. The minimum atomic E-state index is -0.834. The number of fused-ring (bicyclic) bond motifs is 1. The summed E-state index contributed by atoms with van der Waals surface area (Å²) in [5.41, 5.74) is 8.21. The summed E-state index contributed by atoms with van der Waals surface area (Å²) in [6.45, 7) is 11.7. The Morgan fingerprint density at radius 2 is 1.95 bits per heavy atom. The highest BCUT2D eigenvalue weighted by atomic mass is 16.6. The molecule has 1 aliphatic heterocycles. The molecule has 4 rings (SSSR count). The van der Waals surface area contributed by atoms with Gasteiger partial charge < -0.3 is 14.1 Å². The van der Waals surface area contributed by atoms with Gasteiger partial charge in [0.25, 0.3) is 0 Å². The smallest absolute Gasteiger partial charge is 0.424 e. The van der Waals surface area contributed by atoms with Gasteiger partial charge in [0.2, 0.25) is 0 Å². The zero-order chi connectivity index (χ0) is 27.9. The van der Waals surface area contributed by atoms with Crippen molar-refractivity contribution in [2.45, 2.75) is 26.6 Å². The van der Waals surface area contributed by atoms with Crippen molar-refractivity contribution >= 4 is 28.5 Å². The zero-order valence-electron chi connectivity index (χ0n) is 23.1. The summed E-state index contributed by atoms with van der Waals surface area (Å²) in [6, 6.07) is 14.3. The number of aromatic nitrogens is 1. The molecule has 0 radical (unpaired) electrons. The third kappa shape index (κ3) is 6.32. The van der Waals surface area contributed by atoms with Gasteiger partial charge in [-0.1, -0.05) is 55.1 Å². The van der Waals surface area contributed by atoms with Gasteiger partial charge in [-0.2, -0.15) is 0 Å². The summed E-state index contributed by atoms with van der Waals surface area (Å²) in [5.74, 6) is -0.564. The molecule has 1 N–H and O–H groups in total. The highest BCUT2D eigenvalue weighted by Crippen LogP contribution is 2.29. The molecule has 1 atom stereocenters. The van der Waals surface area contributed by atoms with Gasteiger partial charge >= 0.3 is 11.8 Å². The molecule has 1 aromatic heterocycles. The lowest BCUT2D eigenvalue weighted by molar-refractivity contribution is 0.0341. The highest BCUT2D eigenvalue weighted by molar-refractivity contribution is 5.87. The molecule has 1 unspecified atom stereocenters. The zero-order valence-corrected chi connectivity index (χ0v) is 23.1. The van der Waals surface area contributed by atoms with Crippen molar-refractivity contribution in [1.29, 1.82) is 0 Å². The number of anilines is 1. The number of nitrogens with zero attached hydrogens (tertiary/aromatic N) is 4. The number of hydrogen-bond acceptors (Lipinski definition) is 7. The third-order valence-corrected chi connectivity index (χ3v) is 6.89. The van der Waals surface area contributed by atoms with E-state index < -0.39 is 18.1 Å². The fraction of sp³-hybridized carbons (Fsp3) is 0.333. The van der Waals surface area contributed by atoms with E-state index >= 15 is 0 Å². The molecule has 0 bridgehead atoms. The first-order valence-electron chi connectivity index (χ1n) is 13.1. The number of amides is 1. The number of carbonyl (C=O) groups is 1. The van der Waals surface area contributed by atoms with Gasteiger partial charge in [-0.3, -0.25) is 4.90 Å². The summed E-state index contributed by atoms with van der Waals surface area (Å²) in [4.78, 5) is 29.6. The molecule has 0 spiro atoms. The highest BCUT2D eigenvalue weighted by Gasteiger charge is 2.25. The van der Waals surface area contributed by atoms with Crippen LogP contribution in [-0.2, 0) is 11.3 Å². The maximum atomic E-state index is 12.8. The molecule has 0 saturated carbocycles. The first-order chi connectivity index (χ1) is 18.9. The van der Waals surface area contributed by atoms with Crippen LogP contribution in [0, 0.1) is 0 Å². The van der Waals surface area contributed by atoms with Crippen LogP contribution in [0.15, 0.2) is 82.6 Å². The number of piperazine rings is 1. The van der Waals surface area contributed by atoms with Crippen LogP contribution in [0.2, 0.25) is 0 Å². The second-order valence-electron chi connectivity index (χ2n) is 9.45. The molecule has 3 aromatic rings. The van der Waals surface area contributed by atoms with Crippen molar-refractivity contribution in [2.24, 2.45) is 0 Å². The van der Waals surface area contributed by atoms with Crippen LogP contribution >= 0.6 is 0 Å². The Morgan fingerprint density at radius 1 is 1.21 bits per heavy atom. The largest absolute Gasteiger partial charge is 0.425 e. The van der Waals surface area contributed by atoms with Gasteiger partial charge in [0, 0.05) is 46.8 Å². The van der Waals surface area contributed by atoms with E-state index in [2.05, 4.69) is 52.1 Å². The van der Waals surface area contributed by atoms with E-state index in [1.165, 1.54) is 20.7 Å². The topological polar surface area (TPSA) is 83.2 Å². The van der Waals surface area contributed by atoms with E-state index in [-0.39, 0.29) is 0 Å². The molecule has 1 aliphatic rings. The maximum Gasteiger partial charge on any atom is 0.425 e. The van der Waals surface area contributed by atoms with Crippen molar-refractivity contribution in [3.8, 4) is 0 Å². The Labute approximate surface area is 229 Å². The van der Waals surface area contributed by atoms with Crippen LogP contribution in [0.4, 0.5) is 10.5 Å². The molecule has 9 nitrogen and oxygen atoms in total. The number of allylic oxidation sites excluding steroid dienone is 5. The Bertz CT molecular complexity index is 1430. The fourth-order valence-corrected chi connectivity index (χ4v) is 4.81. The fourth-order valence-electron chi connectivity index (χ4n) is 4.81. The molecule has 1 amide bonds. The minimum absolute atomic E-state index is 0.499. The number of oxazole rings is 1. The summed E-state index contributed by atoms with van der Waals surface area (Å²) in [5, 5.41) is 1.20. The maximum absolute atomic E-state index is 12.8. The number of hydrazine groups is 1. The number of rotatable bonds is 9. The van der Waals surface area contributed by atoms with Crippen LogP contribution in [-0.4, -0.2) is 60.8 Å². The van der Waals surface area contributed by atoms with Crippen molar-refractivity contribution in [2.75, 3.05) is 45.2 Å². The van der Waals surface area contributed by atoms with Gasteiger partial charge in [0.05, 0.1) is 11.2 Å². The van der Waals surface area contributed by atoms with Crippen molar-refractivity contribution < 1.29 is 13.9 Å². The second-order valence-corrected chi connectivity index (χ2v) is 9.45. The van der Waals surface area contributed by atoms with Crippen LogP contribution in [0.3, 0.4) is 0 Å². The molecule has 206 valence electrons. The van der Waals surface area contributed by atoms with E-state index in [1.54, 1.807) is 21.0 Å². The SMILES string of the molecule is C=C/C=C(\C=C/C)c1cccc(CN2CCN(c3cccc4c3oc(=O)n4C(C)OC(=O)N(C)NC)CC2)c1. The summed E-state index contributed by atoms with van der Waals surface area (Å²) in [6.07, 6.45) is 6.53. The number of benzene rings is 2. The molecule has 2 heterocycles. The van der Waals surface area contributed by atoms with Gasteiger partial charge in [0.15, 0.2) is 11.8 Å². The molecule has 9 heteroatoms. The van der Waals surface area contributed by atoms with E-state index in [9.17, 15) is 9.59 Å². The van der Waals surface area contributed by atoms with Crippen molar-refractivity contribution in [3.05, 3.63) is 95.0 Å². The van der Waals surface area contributed by atoms with Crippen molar-refractivity contribution in [3.63, 3.8) is 0 Å². The average Bonchev–Trinajstić information content (AvgIpc) is 3.29. The minimum Gasteiger partial charge on any atom is -0.424 e. The monoisotopic (exact) mass is 531 g/mol. The summed E-state index contributed by atoms with van der Waals surface area (Å²) in [7, 11) is 3.15. The molecular weight excluding hydrogens is 494 g/mol. The quantitative estimate of drug-likeness (QED) is 0.314. The molecular formula is C30H37N5O4. The predicted molar refractivity (Wildman–Crippen MR) is 155 cm³/mol. The molecule has 2 aromatic carbocycles. The Morgan fingerprint density at radius 3 is 2.64 bits per heavy atom. The van der Waals surface area contributed by atoms with E-state index in [0.29, 0.717) is 11.1 Å². The van der Waals surface area contributed by atoms with Crippen LogP contribution in [0.5, 0.6) is 0 Å². The lowest BCUT2D eigenvalue weighted by atomic mass is 10.0. The standard InChI is InChI=1S/C30H37N5O4/c1-6-10-24(11-7-2)25-13-8-12-23(20-25)21-33-16-18-34(19-17-33)26-14-9-15-27-28(26)39-30(37)35(27)22(3)38-29(36)32(5)31-4/h6-15,20,22,31H,1,16-19,21H2,2-5H3/b11-7-,24-10+. The third-order valence-electron chi connectivity index (χ3n) is 6.89. The lowest BCUT2D eigenvalue weighted by Gasteiger charge is -2.36. The Kier molecular flexibility index (Phi) is 9.06. The average molecular weight is 532 g/mol. The van der Waals surface area contributed by atoms with Crippen LogP contribution in [0.1, 0.15) is 31.2 Å². The van der Waals surface area contributed by atoms with Gasteiger partial charge in [0.1, 0.15) is 0 Å². The molecule has 39 heavy (non-hydrogen) atoms. The number of carbonyl (C=O) groups excluding carboxylic acids is 1. The number of para-hydroxylation sites is 1. The van der Waals surface area contributed by atoms with Crippen LogP contribution in [0.25, 0.3) is 16.7 Å². The number of hydrogen-bond donors (Lipinski definition) is 1. The number of nitrogens with one attached hydrogen (secondary N) is 1.